The van der Waals surface area contributed by atoms with Gasteiger partial charge in [0.15, 0.2) is 11.5 Å². The second kappa shape index (κ2) is 9.52. The SMILES string of the molecule is COc1cc(NC(C)CCCN)c2[nH]c(=O)cc(C)c2c1Oc1cccc(C(F)(F)F)c1. The fourth-order valence-electron chi connectivity index (χ4n) is 3.56. The Morgan fingerprint density at radius 3 is 2.62 bits per heavy atom. The average molecular weight is 449 g/mol. The molecule has 0 fully saturated rings. The Bertz CT molecular complexity index is 1160. The van der Waals surface area contributed by atoms with Gasteiger partial charge in [-0.1, -0.05) is 6.07 Å². The van der Waals surface area contributed by atoms with Crippen LogP contribution < -0.4 is 26.1 Å². The van der Waals surface area contributed by atoms with E-state index in [0.29, 0.717) is 34.4 Å². The molecular formula is C23H26F3N3O3. The molecule has 3 aromatic rings. The molecule has 0 radical (unpaired) electrons. The van der Waals surface area contributed by atoms with Gasteiger partial charge in [-0.3, -0.25) is 4.79 Å². The monoisotopic (exact) mass is 449 g/mol. The van der Waals surface area contributed by atoms with E-state index in [1.54, 1.807) is 13.0 Å². The quantitative estimate of drug-likeness (QED) is 0.440. The first-order chi connectivity index (χ1) is 15.1. The molecule has 0 amide bonds. The lowest BCUT2D eigenvalue weighted by molar-refractivity contribution is -0.137. The summed E-state index contributed by atoms with van der Waals surface area (Å²) in [6.45, 7) is 4.29. The third-order valence-electron chi connectivity index (χ3n) is 5.08. The molecule has 0 saturated carbocycles. The van der Waals surface area contributed by atoms with E-state index in [1.165, 1.54) is 25.3 Å². The summed E-state index contributed by atoms with van der Waals surface area (Å²) in [5, 5.41) is 3.90. The van der Waals surface area contributed by atoms with Gasteiger partial charge in [0.25, 0.3) is 0 Å². The van der Waals surface area contributed by atoms with Crippen LogP contribution in [0.5, 0.6) is 17.2 Å². The molecule has 172 valence electrons. The third kappa shape index (κ3) is 5.16. The van der Waals surface area contributed by atoms with Crippen LogP contribution in [-0.2, 0) is 6.18 Å². The van der Waals surface area contributed by atoms with Crippen LogP contribution in [0.3, 0.4) is 0 Å². The molecule has 4 N–H and O–H groups in total. The van der Waals surface area contributed by atoms with Gasteiger partial charge in [-0.05, 0) is 57.0 Å². The number of methoxy groups -OCH3 is 1. The van der Waals surface area contributed by atoms with Crippen molar-refractivity contribution in [2.75, 3.05) is 19.0 Å². The zero-order valence-electron chi connectivity index (χ0n) is 18.1. The minimum Gasteiger partial charge on any atom is -0.493 e. The van der Waals surface area contributed by atoms with Gasteiger partial charge >= 0.3 is 6.18 Å². The zero-order valence-corrected chi connectivity index (χ0v) is 18.1. The number of pyridine rings is 1. The molecule has 1 aromatic heterocycles. The summed E-state index contributed by atoms with van der Waals surface area (Å²) >= 11 is 0. The number of anilines is 1. The Hall–Kier alpha value is -3.20. The Morgan fingerprint density at radius 1 is 1.22 bits per heavy atom. The van der Waals surface area contributed by atoms with Gasteiger partial charge in [-0.2, -0.15) is 13.2 Å². The van der Waals surface area contributed by atoms with Gasteiger partial charge in [0, 0.05) is 23.6 Å². The summed E-state index contributed by atoms with van der Waals surface area (Å²) in [6.07, 6.45) is -2.85. The molecule has 1 atom stereocenters. The number of nitrogens with two attached hydrogens (primary N) is 1. The maximum absolute atomic E-state index is 13.1. The molecule has 2 aromatic carbocycles. The smallest absolute Gasteiger partial charge is 0.416 e. The van der Waals surface area contributed by atoms with Crippen LogP contribution in [-0.4, -0.2) is 24.7 Å². The number of benzene rings is 2. The van der Waals surface area contributed by atoms with Crippen molar-refractivity contribution in [1.29, 1.82) is 0 Å². The van der Waals surface area contributed by atoms with E-state index in [-0.39, 0.29) is 23.1 Å². The van der Waals surface area contributed by atoms with Crippen LogP contribution in [0.2, 0.25) is 0 Å². The molecule has 0 aliphatic heterocycles. The van der Waals surface area contributed by atoms with E-state index >= 15 is 0 Å². The van der Waals surface area contributed by atoms with Crippen molar-refractivity contribution < 1.29 is 22.6 Å². The normalized spacial score (nSPS) is 12.6. The lowest BCUT2D eigenvalue weighted by Crippen LogP contribution is -2.18. The number of hydrogen-bond acceptors (Lipinski definition) is 5. The second-order valence-electron chi connectivity index (χ2n) is 7.63. The van der Waals surface area contributed by atoms with Crippen molar-refractivity contribution >= 4 is 16.6 Å². The molecule has 32 heavy (non-hydrogen) atoms. The number of hydrogen-bond donors (Lipinski definition) is 3. The number of rotatable bonds is 8. The Kier molecular flexibility index (Phi) is 6.98. The van der Waals surface area contributed by atoms with Crippen molar-refractivity contribution in [3.05, 3.63) is 57.9 Å². The summed E-state index contributed by atoms with van der Waals surface area (Å²) in [5.74, 6) is 0.538. The van der Waals surface area contributed by atoms with Crippen molar-refractivity contribution in [2.24, 2.45) is 5.73 Å². The fourth-order valence-corrected chi connectivity index (χ4v) is 3.56. The van der Waals surface area contributed by atoms with Crippen LogP contribution in [0.25, 0.3) is 10.9 Å². The van der Waals surface area contributed by atoms with Gasteiger partial charge in [0.1, 0.15) is 5.75 Å². The van der Waals surface area contributed by atoms with Crippen molar-refractivity contribution in [1.82, 2.24) is 4.98 Å². The number of halogens is 3. The molecule has 1 unspecified atom stereocenters. The van der Waals surface area contributed by atoms with E-state index in [2.05, 4.69) is 10.3 Å². The Morgan fingerprint density at radius 2 is 1.97 bits per heavy atom. The molecule has 0 aliphatic rings. The minimum absolute atomic E-state index is 0.00190. The number of H-pyrrole nitrogens is 1. The zero-order chi connectivity index (χ0) is 23.5. The number of nitrogens with one attached hydrogen (secondary N) is 2. The highest BCUT2D eigenvalue weighted by atomic mass is 19.4. The summed E-state index contributed by atoms with van der Waals surface area (Å²) < 4.78 is 50.8. The number of aryl methyl sites for hydroxylation is 1. The lowest BCUT2D eigenvalue weighted by atomic mass is 10.1. The predicted molar refractivity (Wildman–Crippen MR) is 119 cm³/mol. The molecule has 3 rings (SSSR count). The summed E-state index contributed by atoms with van der Waals surface area (Å²) in [6, 6.07) is 7.74. The lowest BCUT2D eigenvalue weighted by Gasteiger charge is -2.21. The van der Waals surface area contributed by atoms with Gasteiger partial charge in [-0.25, -0.2) is 0 Å². The highest BCUT2D eigenvalue weighted by Crippen LogP contribution is 2.43. The number of fused-ring (bicyclic) bond motifs is 1. The highest BCUT2D eigenvalue weighted by molar-refractivity contribution is 5.99. The standard InChI is InChI=1S/C23H26F3N3O3/c1-13-10-19(30)29-21-17(28-14(2)6-5-9-27)12-18(31-3)22(20(13)21)32-16-8-4-7-15(11-16)23(24,25)26/h4,7-8,10-12,14,28H,5-6,9,27H2,1-3H3,(H,29,30). The first-order valence-corrected chi connectivity index (χ1v) is 10.2. The van der Waals surface area contributed by atoms with E-state index in [0.717, 1.165) is 25.0 Å². The molecule has 0 bridgehead atoms. The summed E-state index contributed by atoms with van der Waals surface area (Å²) in [7, 11) is 1.45. The van der Waals surface area contributed by atoms with E-state index in [4.69, 9.17) is 15.2 Å². The maximum Gasteiger partial charge on any atom is 0.416 e. The van der Waals surface area contributed by atoms with Gasteiger partial charge < -0.3 is 25.5 Å². The number of ether oxygens (including phenoxy) is 2. The topological polar surface area (TPSA) is 89.4 Å². The highest BCUT2D eigenvalue weighted by Gasteiger charge is 2.31. The Labute approximate surface area is 183 Å². The van der Waals surface area contributed by atoms with Crippen LogP contribution in [0.1, 0.15) is 30.9 Å². The molecule has 1 heterocycles. The molecule has 6 nitrogen and oxygen atoms in total. The van der Waals surface area contributed by atoms with E-state index in [1.807, 2.05) is 6.92 Å². The van der Waals surface area contributed by atoms with E-state index in [9.17, 15) is 18.0 Å². The van der Waals surface area contributed by atoms with Crippen molar-refractivity contribution in [3.63, 3.8) is 0 Å². The molecular weight excluding hydrogens is 423 g/mol. The summed E-state index contributed by atoms with van der Waals surface area (Å²) in [5.41, 5.74) is 6.17. The van der Waals surface area contributed by atoms with Gasteiger partial charge in [0.05, 0.1) is 23.9 Å². The second-order valence-corrected chi connectivity index (χ2v) is 7.63. The first-order valence-electron chi connectivity index (χ1n) is 10.2. The van der Waals surface area contributed by atoms with Crippen LogP contribution in [0.15, 0.2) is 41.2 Å². The van der Waals surface area contributed by atoms with Crippen LogP contribution in [0.4, 0.5) is 18.9 Å². The minimum atomic E-state index is -4.50. The largest absolute Gasteiger partial charge is 0.493 e. The predicted octanol–water partition coefficient (Wildman–Crippen LogP) is 5.20. The number of aromatic nitrogens is 1. The Balaban J connectivity index is 2.15. The van der Waals surface area contributed by atoms with Gasteiger partial charge in [-0.15, -0.1) is 0 Å². The van der Waals surface area contributed by atoms with Crippen molar-refractivity contribution in [2.45, 2.75) is 38.9 Å². The molecule has 9 heteroatoms. The fraction of sp³-hybridized carbons (Fsp3) is 0.348. The first kappa shape index (κ1) is 23.5. The molecule has 0 aliphatic carbocycles. The summed E-state index contributed by atoms with van der Waals surface area (Å²) in [4.78, 5) is 15.0. The molecule has 0 spiro atoms. The average Bonchev–Trinajstić information content (AvgIpc) is 2.73. The van der Waals surface area contributed by atoms with Crippen LogP contribution in [0, 0.1) is 6.92 Å². The van der Waals surface area contributed by atoms with Crippen molar-refractivity contribution in [3.8, 4) is 17.2 Å². The maximum atomic E-state index is 13.1. The van der Waals surface area contributed by atoms with E-state index < -0.39 is 11.7 Å². The van der Waals surface area contributed by atoms with Crippen LogP contribution >= 0.6 is 0 Å². The van der Waals surface area contributed by atoms with Gasteiger partial charge in [0.2, 0.25) is 5.56 Å². The third-order valence-corrected chi connectivity index (χ3v) is 5.08. The number of alkyl halides is 3. The molecule has 0 saturated heterocycles. The number of aromatic amines is 1.